The van der Waals surface area contributed by atoms with Crippen LogP contribution in [0.5, 0.6) is 0 Å². The molecule has 0 spiro atoms. The zero-order valence-corrected chi connectivity index (χ0v) is 11.1. The van der Waals surface area contributed by atoms with Gasteiger partial charge in [-0.25, -0.2) is 4.98 Å². The molecule has 3 nitrogen and oxygen atoms in total. The van der Waals surface area contributed by atoms with Crippen LogP contribution in [0.25, 0.3) is 11.2 Å². The summed E-state index contributed by atoms with van der Waals surface area (Å²) < 4.78 is 3.45. The minimum Gasteiger partial charge on any atom is -0.329 e. The van der Waals surface area contributed by atoms with Crippen LogP contribution < -0.4 is 0 Å². The zero-order chi connectivity index (χ0) is 11.8. The lowest BCUT2D eigenvalue weighted by atomic mass is 10.4. The van der Waals surface area contributed by atoms with Crippen molar-refractivity contribution in [3.63, 3.8) is 0 Å². The number of imidazole rings is 1. The Morgan fingerprint density at radius 3 is 3.06 bits per heavy atom. The second kappa shape index (κ2) is 4.25. The summed E-state index contributed by atoms with van der Waals surface area (Å²) in [5, 5.41) is 0. The average Bonchev–Trinajstić information content (AvgIpc) is 2.85. The normalized spacial score (nSPS) is 11.1. The molecule has 17 heavy (non-hydrogen) atoms. The fraction of sp³-hybridized carbons (Fsp3) is 0.0909. The number of H-pyrrole nitrogens is 1. The lowest BCUT2D eigenvalue weighted by molar-refractivity contribution is 0.813. The van der Waals surface area contributed by atoms with Gasteiger partial charge in [-0.15, -0.1) is 11.3 Å². The summed E-state index contributed by atoms with van der Waals surface area (Å²) in [5.74, 6) is 0. The van der Waals surface area contributed by atoms with Crippen LogP contribution in [0.4, 0.5) is 0 Å². The maximum atomic E-state index is 5.92. The maximum absolute atomic E-state index is 5.92. The highest BCUT2D eigenvalue weighted by Crippen LogP contribution is 2.23. The van der Waals surface area contributed by atoms with Crippen molar-refractivity contribution in [1.82, 2.24) is 14.5 Å². The molecule has 86 valence electrons. The molecule has 0 amide bonds. The second-order valence-electron chi connectivity index (χ2n) is 3.60. The SMILES string of the molecule is S=c1[nH]c2cccnc2n1Cc1ccc(Cl)s1. The molecular formula is C11H8ClN3S2. The molecule has 3 aromatic rings. The first-order valence-corrected chi connectivity index (χ1v) is 6.62. The number of aromatic nitrogens is 3. The predicted molar refractivity (Wildman–Crippen MR) is 73.3 cm³/mol. The van der Waals surface area contributed by atoms with Gasteiger partial charge in [0.15, 0.2) is 10.4 Å². The molecular weight excluding hydrogens is 274 g/mol. The number of pyridine rings is 1. The van der Waals surface area contributed by atoms with Gasteiger partial charge in [-0.2, -0.15) is 0 Å². The Bertz CT molecular complexity index is 725. The van der Waals surface area contributed by atoms with Gasteiger partial charge in [0.1, 0.15) is 0 Å². The third kappa shape index (κ3) is 2.01. The third-order valence-corrected chi connectivity index (χ3v) is 4.01. The first kappa shape index (κ1) is 11.0. The van der Waals surface area contributed by atoms with Crippen LogP contribution in [0.3, 0.4) is 0 Å². The summed E-state index contributed by atoms with van der Waals surface area (Å²) in [6.45, 7) is 0.702. The Hall–Kier alpha value is -1.17. The van der Waals surface area contributed by atoms with Crippen molar-refractivity contribution >= 4 is 46.3 Å². The molecule has 0 radical (unpaired) electrons. The van der Waals surface area contributed by atoms with E-state index in [1.54, 1.807) is 17.5 Å². The van der Waals surface area contributed by atoms with E-state index in [0.29, 0.717) is 11.3 Å². The topological polar surface area (TPSA) is 33.6 Å². The van der Waals surface area contributed by atoms with E-state index in [1.807, 2.05) is 28.8 Å². The molecule has 0 saturated heterocycles. The van der Waals surface area contributed by atoms with Gasteiger partial charge in [0.25, 0.3) is 0 Å². The zero-order valence-electron chi connectivity index (χ0n) is 8.68. The fourth-order valence-electron chi connectivity index (χ4n) is 1.73. The molecule has 0 aliphatic rings. The molecule has 0 atom stereocenters. The van der Waals surface area contributed by atoms with Crippen LogP contribution in [-0.2, 0) is 6.54 Å². The van der Waals surface area contributed by atoms with Crippen LogP contribution >= 0.6 is 35.2 Å². The predicted octanol–water partition coefficient (Wildman–Crippen LogP) is 3.86. The van der Waals surface area contributed by atoms with E-state index < -0.39 is 0 Å². The van der Waals surface area contributed by atoms with E-state index in [4.69, 9.17) is 23.8 Å². The van der Waals surface area contributed by atoms with E-state index in [0.717, 1.165) is 20.4 Å². The smallest absolute Gasteiger partial charge is 0.179 e. The second-order valence-corrected chi connectivity index (χ2v) is 5.78. The van der Waals surface area contributed by atoms with Crippen molar-refractivity contribution in [2.24, 2.45) is 0 Å². The first-order valence-electron chi connectivity index (χ1n) is 5.02. The number of rotatable bonds is 2. The summed E-state index contributed by atoms with van der Waals surface area (Å²) in [6.07, 6.45) is 1.77. The Morgan fingerprint density at radius 1 is 1.41 bits per heavy atom. The average molecular weight is 282 g/mol. The number of nitrogens with zero attached hydrogens (tertiary/aromatic N) is 2. The van der Waals surface area contributed by atoms with Crippen LogP contribution in [0.15, 0.2) is 30.5 Å². The molecule has 1 N–H and O–H groups in total. The Balaban J connectivity index is 2.11. The lowest BCUT2D eigenvalue weighted by Crippen LogP contribution is -1.98. The Labute approximate surface area is 112 Å². The molecule has 3 rings (SSSR count). The van der Waals surface area contributed by atoms with Gasteiger partial charge in [0.2, 0.25) is 0 Å². The van der Waals surface area contributed by atoms with Gasteiger partial charge >= 0.3 is 0 Å². The van der Waals surface area contributed by atoms with Crippen LogP contribution in [0.2, 0.25) is 4.34 Å². The van der Waals surface area contributed by atoms with Gasteiger partial charge < -0.3 is 4.98 Å². The number of nitrogens with one attached hydrogen (secondary N) is 1. The van der Waals surface area contributed by atoms with Crippen LogP contribution in [0, 0.1) is 4.77 Å². The molecule has 0 saturated carbocycles. The summed E-state index contributed by atoms with van der Waals surface area (Å²) in [4.78, 5) is 8.65. The summed E-state index contributed by atoms with van der Waals surface area (Å²) >= 11 is 12.8. The third-order valence-electron chi connectivity index (χ3n) is 2.47. The summed E-state index contributed by atoms with van der Waals surface area (Å²) in [6, 6.07) is 7.76. The Kier molecular flexibility index (Phi) is 2.74. The standard InChI is InChI=1S/C11H8ClN3S2/c12-9-4-3-7(17-9)6-15-10-8(14-11(15)16)2-1-5-13-10/h1-5H,6H2,(H,14,16). The highest BCUT2D eigenvalue weighted by Gasteiger charge is 2.06. The molecule has 0 bridgehead atoms. The van der Waals surface area contributed by atoms with E-state index in [1.165, 1.54) is 0 Å². The fourth-order valence-corrected chi connectivity index (χ4v) is 3.07. The van der Waals surface area contributed by atoms with Crippen LogP contribution in [-0.4, -0.2) is 14.5 Å². The molecule has 0 unspecified atom stereocenters. The molecule has 0 aliphatic carbocycles. The molecule has 0 aliphatic heterocycles. The van der Waals surface area contributed by atoms with Gasteiger partial charge in [0, 0.05) is 11.1 Å². The number of fused-ring (bicyclic) bond motifs is 1. The largest absolute Gasteiger partial charge is 0.329 e. The van der Waals surface area contributed by atoms with Gasteiger partial charge in [-0.1, -0.05) is 11.6 Å². The quantitative estimate of drug-likeness (QED) is 0.724. The number of aromatic amines is 1. The maximum Gasteiger partial charge on any atom is 0.179 e. The van der Waals surface area contributed by atoms with Crippen LogP contribution in [0.1, 0.15) is 4.88 Å². The minimum absolute atomic E-state index is 0.684. The van der Waals surface area contributed by atoms with E-state index >= 15 is 0 Å². The highest BCUT2D eigenvalue weighted by molar-refractivity contribution is 7.71. The van der Waals surface area contributed by atoms with Gasteiger partial charge in [0.05, 0.1) is 16.4 Å². The van der Waals surface area contributed by atoms with E-state index in [9.17, 15) is 0 Å². The van der Waals surface area contributed by atoms with Gasteiger partial charge in [-0.3, -0.25) is 4.57 Å². The number of hydrogen-bond donors (Lipinski definition) is 1. The highest BCUT2D eigenvalue weighted by atomic mass is 35.5. The number of thiophene rings is 1. The molecule has 0 aromatic carbocycles. The molecule has 3 aromatic heterocycles. The van der Waals surface area contributed by atoms with Crippen molar-refractivity contribution in [2.75, 3.05) is 0 Å². The summed E-state index contributed by atoms with van der Waals surface area (Å²) in [5.41, 5.74) is 1.84. The molecule has 3 heterocycles. The number of hydrogen-bond acceptors (Lipinski definition) is 3. The number of halogens is 1. The van der Waals surface area contributed by atoms with Crippen molar-refractivity contribution < 1.29 is 0 Å². The summed E-state index contributed by atoms with van der Waals surface area (Å²) in [7, 11) is 0. The first-order chi connectivity index (χ1) is 8.24. The molecule has 6 heteroatoms. The minimum atomic E-state index is 0.684. The molecule has 0 fully saturated rings. The van der Waals surface area contributed by atoms with Crippen molar-refractivity contribution in [3.8, 4) is 0 Å². The van der Waals surface area contributed by atoms with E-state index in [2.05, 4.69) is 9.97 Å². The monoisotopic (exact) mass is 281 g/mol. The van der Waals surface area contributed by atoms with Crippen molar-refractivity contribution in [1.29, 1.82) is 0 Å². The Morgan fingerprint density at radius 2 is 2.29 bits per heavy atom. The van der Waals surface area contributed by atoms with E-state index in [-0.39, 0.29) is 0 Å². The van der Waals surface area contributed by atoms with Gasteiger partial charge in [-0.05, 0) is 36.5 Å². The lowest BCUT2D eigenvalue weighted by Gasteiger charge is -2.00. The van der Waals surface area contributed by atoms with Crippen molar-refractivity contribution in [3.05, 3.63) is 44.4 Å². The van der Waals surface area contributed by atoms with Crippen molar-refractivity contribution in [2.45, 2.75) is 6.54 Å².